The van der Waals surface area contributed by atoms with Crippen molar-refractivity contribution >= 4 is 11.4 Å². The summed E-state index contributed by atoms with van der Waals surface area (Å²) in [6.07, 6.45) is 0. The summed E-state index contributed by atoms with van der Waals surface area (Å²) in [6.45, 7) is 4.54. The van der Waals surface area contributed by atoms with Crippen molar-refractivity contribution in [3.05, 3.63) is 59.2 Å². The fourth-order valence-corrected chi connectivity index (χ4v) is 2.20. The molecule has 2 aromatic rings. The van der Waals surface area contributed by atoms with Gasteiger partial charge in [0.05, 0.1) is 25.1 Å². The Morgan fingerprint density at radius 1 is 1.14 bits per heavy atom. The summed E-state index contributed by atoms with van der Waals surface area (Å²) in [7, 11) is 3.33. The third-order valence-electron chi connectivity index (χ3n) is 3.37. The van der Waals surface area contributed by atoms with Crippen molar-refractivity contribution in [1.82, 2.24) is 0 Å². The van der Waals surface area contributed by atoms with Crippen LogP contribution in [-0.2, 0) is 11.3 Å². The molecule has 1 N–H and O–H groups in total. The minimum absolute atomic E-state index is 0.510. The van der Waals surface area contributed by atoms with Crippen molar-refractivity contribution in [2.45, 2.75) is 20.5 Å². The third-order valence-corrected chi connectivity index (χ3v) is 3.37. The molecule has 0 radical (unpaired) electrons. The molecule has 2 aromatic carbocycles. The highest BCUT2D eigenvalue weighted by molar-refractivity contribution is 5.99. The van der Waals surface area contributed by atoms with Crippen molar-refractivity contribution in [2.24, 2.45) is 5.10 Å². The Morgan fingerprint density at radius 3 is 2.64 bits per heavy atom. The average Bonchev–Trinajstić information content (AvgIpc) is 2.53. The number of methoxy groups -OCH3 is 2. The van der Waals surface area contributed by atoms with E-state index in [2.05, 4.69) is 29.6 Å². The predicted molar refractivity (Wildman–Crippen MR) is 90.7 cm³/mol. The zero-order valence-corrected chi connectivity index (χ0v) is 13.5. The van der Waals surface area contributed by atoms with Crippen LogP contribution in [0.25, 0.3) is 0 Å². The van der Waals surface area contributed by atoms with Gasteiger partial charge in [0.1, 0.15) is 5.75 Å². The number of benzene rings is 2. The maximum absolute atomic E-state index is 5.34. The van der Waals surface area contributed by atoms with E-state index in [1.54, 1.807) is 14.2 Å². The van der Waals surface area contributed by atoms with Crippen LogP contribution in [0, 0.1) is 6.92 Å². The summed E-state index contributed by atoms with van der Waals surface area (Å²) in [4.78, 5) is 0. The van der Waals surface area contributed by atoms with Gasteiger partial charge in [0.2, 0.25) is 0 Å². The zero-order chi connectivity index (χ0) is 15.9. The third kappa shape index (κ3) is 4.09. The van der Waals surface area contributed by atoms with Gasteiger partial charge in [-0.1, -0.05) is 12.1 Å². The first-order chi connectivity index (χ1) is 10.6. The molecule has 0 unspecified atom stereocenters. The minimum atomic E-state index is 0.510. The van der Waals surface area contributed by atoms with Crippen LogP contribution in [0.3, 0.4) is 0 Å². The van der Waals surface area contributed by atoms with Gasteiger partial charge >= 0.3 is 0 Å². The topological polar surface area (TPSA) is 42.8 Å². The van der Waals surface area contributed by atoms with Crippen LogP contribution in [0.15, 0.2) is 47.6 Å². The quantitative estimate of drug-likeness (QED) is 0.648. The smallest absolute Gasteiger partial charge is 0.124 e. The molecule has 0 saturated heterocycles. The lowest BCUT2D eigenvalue weighted by Gasteiger charge is -2.10. The van der Waals surface area contributed by atoms with Gasteiger partial charge in [0.25, 0.3) is 0 Å². The molecular weight excluding hydrogens is 276 g/mol. The number of hydrogen-bond acceptors (Lipinski definition) is 4. The zero-order valence-electron chi connectivity index (χ0n) is 13.5. The number of hydrogen-bond donors (Lipinski definition) is 1. The first kappa shape index (κ1) is 16.0. The molecule has 0 fully saturated rings. The summed E-state index contributed by atoms with van der Waals surface area (Å²) < 4.78 is 10.6. The van der Waals surface area contributed by atoms with Gasteiger partial charge in [0, 0.05) is 12.7 Å². The van der Waals surface area contributed by atoms with E-state index < -0.39 is 0 Å². The van der Waals surface area contributed by atoms with E-state index in [9.17, 15) is 0 Å². The number of nitrogens with one attached hydrogen (secondary N) is 1. The molecule has 4 heteroatoms. The highest BCUT2D eigenvalue weighted by Crippen LogP contribution is 2.21. The van der Waals surface area contributed by atoms with E-state index in [0.29, 0.717) is 6.61 Å². The van der Waals surface area contributed by atoms with Crippen molar-refractivity contribution in [3.63, 3.8) is 0 Å². The second-order valence-electron chi connectivity index (χ2n) is 5.14. The number of ether oxygens (including phenoxy) is 2. The lowest BCUT2D eigenvalue weighted by atomic mass is 10.1. The average molecular weight is 298 g/mol. The highest BCUT2D eigenvalue weighted by atomic mass is 16.5. The van der Waals surface area contributed by atoms with Crippen LogP contribution in [0.1, 0.15) is 23.6 Å². The Labute approximate surface area is 131 Å². The van der Waals surface area contributed by atoms with Crippen LogP contribution in [0.4, 0.5) is 5.69 Å². The van der Waals surface area contributed by atoms with E-state index in [4.69, 9.17) is 9.47 Å². The molecule has 0 saturated carbocycles. The number of rotatable bonds is 6. The second kappa shape index (κ2) is 7.61. The van der Waals surface area contributed by atoms with Gasteiger partial charge in [-0.2, -0.15) is 5.10 Å². The van der Waals surface area contributed by atoms with E-state index >= 15 is 0 Å². The Hall–Kier alpha value is -2.33. The molecule has 0 heterocycles. The normalized spacial score (nSPS) is 11.4. The van der Waals surface area contributed by atoms with Crippen LogP contribution in [-0.4, -0.2) is 19.9 Å². The molecule has 0 aliphatic rings. The number of nitrogens with zero attached hydrogens (tertiary/aromatic N) is 1. The maximum atomic E-state index is 5.34. The molecule has 22 heavy (non-hydrogen) atoms. The molecule has 0 aromatic heterocycles. The summed E-state index contributed by atoms with van der Waals surface area (Å²) >= 11 is 0. The number of aryl methyl sites for hydroxylation is 1. The fourth-order valence-electron chi connectivity index (χ4n) is 2.20. The van der Waals surface area contributed by atoms with Crippen molar-refractivity contribution in [3.8, 4) is 5.75 Å². The number of anilines is 1. The largest absolute Gasteiger partial charge is 0.496 e. The van der Waals surface area contributed by atoms with Crippen LogP contribution < -0.4 is 10.2 Å². The monoisotopic (exact) mass is 298 g/mol. The second-order valence-corrected chi connectivity index (χ2v) is 5.14. The number of hydrazone groups is 1. The van der Waals surface area contributed by atoms with Crippen molar-refractivity contribution in [1.29, 1.82) is 0 Å². The molecule has 0 atom stereocenters. The summed E-state index contributed by atoms with van der Waals surface area (Å²) in [5.74, 6) is 0.824. The molecule has 2 rings (SSSR count). The lowest BCUT2D eigenvalue weighted by molar-refractivity contribution is 0.181. The first-order valence-electron chi connectivity index (χ1n) is 7.17. The molecule has 0 aliphatic carbocycles. The van der Waals surface area contributed by atoms with Gasteiger partial charge in [-0.25, -0.2) is 0 Å². The van der Waals surface area contributed by atoms with Crippen molar-refractivity contribution in [2.75, 3.05) is 19.6 Å². The molecule has 4 nitrogen and oxygen atoms in total. The van der Waals surface area contributed by atoms with Crippen molar-refractivity contribution < 1.29 is 9.47 Å². The Balaban J connectivity index is 2.19. The summed E-state index contributed by atoms with van der Waals surface area (Å²) in [6, 6.07) is 14.1. The van der Waals surface area contributed by atoms with E-state index in [-0.39, 0.29) is 0 Å². The summed E-state index contributed by atoms with van der Waals surface area (Å²) in [5, 5.41) is 4.45. The van der Waals surface area contributed by atoms with Gasteiger partial charge in [-0.05, 0) is 55.3 Å². The van der Waals surface area contributed by atoms with E-state index in [1.807, 2.05) is 37.3 Å². The molecule has 116 valence electrons. The molecule has 0 aliphatic heterocycles. The highest BCUT2D eigenvalue weighted by Gasteiger charge is 2.06. The predicted octanol–water partition coefficient (Wildman–Crippen LogP) is 3.99. The van der Waals surface area contributed by atoms with E-state index in [0.717, 1.165) is 28.3 Å². The lowest BCUT2D eigenvalue weighted by Crippen LogP contribution is -2.02. The van der Waals surface area contributed by atoms with Gasteiger partial charge < -0.3 is 9.47 Å². The van der Waals surface area contributed by atoms with Gasteiger partial charge in [-0.15, -0.1) is 0 Å². The Morgan fingerprint density at radius 2 is 1.95 bits per heavy atom. The van der Waals surface area contributed by atoms with Crippen LogP contribution in [0.5, 0.6) is 5.75 Å². The summed E-state index contributed by atoms with van der Waals surface area (Å²) in [5.41, 5.74) is 8.21. The maximum Gasteiger partial charge on any atom is 0.124 e. The first-order valence-corrected chi connectivity index (χ1v) is 7.17. The van der Waals surface area contributed by atoms with Crippen LogP contribution in [0.2, 0.25) is 0 Å². The Bertz CT molecular complexity index is 666. The molecular formula is C18H22N2O2. The SMILES string of the molecule is COCc1cc(/C(C)=N\Nc2cccc(C)c2)ccc1OC. The minimum Gasteiger partial charge on any atom is -0.496 e. The van der Waals surface area contributed by atoms with E-state index in [1.165, 1.54) is 5.56 Å². The molecule has 0 bridgehead atoms. The molecule has 0 spiro atoms. The Kier molecular flexibility index (Phi) is 5.55. The van der Waals surface area contributed by atoms with Crippen LogP contribution >= 0.6 is 0 Å². The van der Waals surface area contributed by atoms with Gasteiger partial charge in [-0.3, -0.25) is 5.43 Å². The standard InChI is InChI=1S/C18H22N2O2/c1-13-6-5-7-17(10-13)20-19-14(2)15-8-9-18(22-4)16(11-15)12-21-3/h5-11,20H,12H2,1-4H3/b19-14-. The molecule has 0 amide bonds. The fraction of sp³-hybridized carbons (Fsp3) is 0.278. The van der Waals surface area contributed by atoms with Gasteiger partial charge in [0.15, 0.2) is 0 Å².